The number of fused-ring (bicyclic) bond motifs is 1. The van der Waals surface area contributed by atoms with Gasteiger partial charge >= 0.3 is 0 Å². The molecule has 1 aliphatic heterocycles. The molecular weight excluding hydrogens is 334 g/mol. The molecule has 0 aromatic carbocycles. The minimum Gasteiger partial charge on any atom is -0.474 e. The molecule has 5 rings (SSSR count). The van der Waals surface area contributed by atoms with Crippen molar-refractivity contribution in [2.45, 2.75) is 43.4 Å². The highest BCUT2D eigenvalue weighted by Gasteiger charge is 2.54. The molecule has 26 heavy (non-hydrogen) atoms. The Morgan fingerprint density at radius 2 is 2.19 bits per heavy atom. The van der Waals surface area contributed by atoms with Gasteiger partial charge in [0.25, 0.3) is 0 Å². The van der Waals surface area contributed by atoms with Crippen LogP contribution in [0.4, 0.5) is 5.82 Å². The average Bonchev–Trinajstić information content (AvgIpc) is 3.09. The molecule has 0 spiro atoms. The van der Waals surface area contributed by atoms with Crippen molar-refractivity contribution in [3.63, 3.8) is 0 Å². The standard InChI is InChI=1S/C18H23N5O3/c24-6-7-25-15-9-19-8-14(20-15)23-10-13-2-1-5-18(13,11-23)17-22-21-16(26-17)12-3-4-12/h8-9,12-13,24H,1-7,10-11H2/t13-,18-/m0/s1. The monoisotopic (exact) mass is 357 g/mol. The van der Waals surface area contributed by atoms with Gasteiger partial charge in [0.15, 0.2) is 5.82 Å². The van der Waals surface area contributed by atoms with Crippen LogP contribution in [-0.2, 0) is 5.41 Å². The molecular formula is C18H23N5O3. The Hall–Kier alpha value is -2.22. The summed E-state index contributed by atoms with van der Waals surface area (Å²) in [4.78, 5) is 11.0. The molecule has 2 aromatic heterocycles. The second-order valence-corrected chi connectivity index (χ2v) is 7.63. The van der Waals surface area contributed by atoms with Crippen molar-refractivity contribution in [2.75, 3.05) is 31.2 Å². The van der Waals surface area contributed by atoms with Crippen molar-refractivity contribution < 1.29 is 14.3 Å². The molecule has 8 nitrogen and oxygen atoms in total. The summed E-state index contributed by atoms with van der Waals surface area (Å²) in [5.41, 5.74) is -0.0657. The molecule has 0 amide bonds. The van der Waals surface area contributed by atoms with E-state index in [1.54, 1.807) is 12.4 Å². The van der Waals surface area contributed by atoms with Crippen LogP contribution in [0.1, 0.15) is 49.8 Å². The lowest BCUT2D eigenvalue weighted by atomic mass is 9.80. The molecule has 1 N–H and O–H groups in total. The summed E-state index contributed by atoms with van der Waals surface area (Å²) >= 11 is 0. The largest absolute Gasteiger partial charge is 0.474 e. The van der Waals surface area contributed by atoms with Crippen molar-refractivity contribution in [3.8, 4) is 5.88 Å². The van der Waals surface area contributed by atoms with Crippen molar-refractivity contribution >= 4 is 5.82 Å². The molecule has 3 aliphatic rings. The zero-order chi connectivity index (χ0) is 17.6. The fourth-order valence-corrected chi connectivity index (χ4v) is 4.45. The van der Waals surface area contributed by atoms with Crippen molar-refractivity contribution in [3.05, 3.63) is 24.2 Å². The van der Waals surface area contributed by atoms with E-state index in [0.717, 1.165) is 37.1 Å². The lowest BCUT2D eigenvalue weighted by molar-refractivity contribution is 0.196. The molecule has 0 bridgehead atoms. The lowest BCUT2D eigenvalue weighted by Gasteiger charge is -2.24. The van der Waals surface area contributed by atoms with Gasteiger partial charge in [-0.1, -0.05) is 6.42 Å². The van der Waals surface area contributed by atoms with Gasteiger partial charge in [0, 0.05) is 19.0 Å². The first-order valence-electron chi connectivity index (χ1n) is 9.43. The third kappa shape index (κ3) is 2.63. The number of ether oxygens (including phenoxy) is 1. The fraction of sp³-hybridized carbons (Fsp3) is 0.667. The van der Waals surface area contributed by atoms with E-state index in [1.807, 2.05) is 0 Å². The third-order valence-electron chi connectivity index (χ3n) is 5.93. The van der Waals surface area contributed by atoms with Crippen LogP contribution >= 0.6 is 0 Å². The lowest BCUT2D eigenvalue weighted by Crippen LogP contribution is -2.32. The zero-order valence-corrected chi connectivity index (χ0v) is 14.7. The smallest absolute Gasteiger partial charge is 0.234 e. The number of aliphatic hydroxyl groups is 1. The Bertz CT molecular complexity index is 793. The van der Waals surface area contributed by atoms with Crippen LogP contribution in [0, 0.1) is 5.92 Å². The van der Waals surface area contributed by atoms with Crippen LogP contribution in [0.3, 0.4) is 0 Å². The molecule has 0 unspecified atom stereocenters. The summed E-state index contributed by atoms with van der Waals surface area (Å²) in [6.07, 6.45) is 9.13. The fourth-order valence-electron chi connectivity index (χ4n) is 4.45. The first-order chi connectivity index (χ1) is 12.8. The summed E-state index contributed by atoms with van der Waals surface area (Å²) in [5, 5.41) is 17.7. The highest BCUT2D eigenvalue weighted by Crippen LogP contribution is 2.51. The molecule has 3 heterocycles. The molecule has 2 atom stereocenters. The van der Waals surface area contributed by atoms with E-state index >= 15 is 0 Å². The van der Waals surface area contributed by atoms with E-state index in [9.17, 15) is 0 Å². The van der Waals surface area contributed by atoms with Gasteiger partial charge in [-0.25, -0.2) is 0 Å². The Morgan fingerprint density at radius 1 is 1.27 bits per heavy atom. The maximum Gasteiger partial charge on any atom is 0.234 e. The molecule has 2 aliphatic carbocycles. The molecule has 3 fully saturated rings. The molecule has 1 saturated heterocycles. The van der Waals surface area contributed by atoms with E-state index < -0.39 is 0 Å². The summed E-state index contributed by atoms with van der Waals surface area (Å²) in [6.45, 7) is 1.92. The van der Waals surface area contributed by atoms with E-state index in [2.05, 4.69) is 25.1 Å². The summed E-state index contributed by atoms with van der Waals surface area (Å²) in [7, 11) is 0. The van der Waals surface area contributed by atoms with Crippen LogP contribution in [0.15, 0.2) is 16.8 Å². The van der Waals surface area contributed by atoms with Crippen molar-refractivity contribution in [1.82, 2.24) is 20.2 Å². The predicted molar refractivity (Wildman–Crippen MR) is 92.1 cm³/mol. The maximum atomic E-state index is 8.92. The second kappa shape index (κ2) is 6.19. The van der Waals surface area contributed by atoms with Crippen molar-refractivity contribution in [1.29, 1.82) is 0 Å². The number of nitrogens with zero attached hydrogens (tertiary/aromatic N) is 5. The van der Waals surface area contributed by atoms with E-state index in [0.29, 0.717) is 17.7 Å². The topological polar surface area (TPSA) is 97.4 Å². The van der Waals surface area contributed by atoms with Gasteiger partial charge in [-0.3, -0.25) is 4.98 Å². The van der Waals surface area contributed by atoms with Crippen LogP contribution in [0.25, 0.3) is 0 Å². The quantitative estimate of drug-likeness (QED) is 0.834. The Morgan fingerprint density at radius 3 is 3.04 bits per heavy atom. The van der Waals surface area contributed by atoms with Gasteiger partial charge in [0.05, 0.1) is 24.4 Å². The molecule has 2 aromatic rings. The Kier molecular flexibility index (Phi) is 3.81. The van der Waals surface area contributed by atoms with E-state index in [-0.39, 0.29) is 18.6 Å². The second-order valence-electron chi connectivity index (χ2n) is 7.63. The number of hydrogen-bond acceptors (Lipinski definition) is 8. The number of hydrogen-bond donors (Lipinski definition) is 1. The summed E-state index contributed by atoms with van der Waals surface area (Å²) in [6, 6.07) is 0. The SMILES string of the molecule is OCCOc1cncc(N2C[C@@H]3CCC[C@]3(c3nnc(C4CC4)o3)C2)n1. The maximum absolute atomic E-state index is 8.92. The number of rotatable bonds is 6. The van der Waals surface area contributed by atoms with Gasteiger partial charge in [0.1, 0.15) is 6.61 Å². The van der Waals surface area contributed by atoms with E-state index in [1.165, 1.54) is 25.7 Å². The number of aliphatic hydroxyl groups excluding tert-OH is 1. The van der Waals surface area contributed by atoms with Gasteiger partial charge in [-0.2, -0.15) is 4.98 Å². The normalized spacial score (nSPS) is 27.7. The molecule has 8 heteroatoms. The first-order valence-corrected chi connectivity index (χ1v) is 9.43. The molecule has 138 valence electrons. The van der Waals surface area contributed by atoms with Crippen molar-refractivity contribution in [2.24, 2.45) is 5.92 Å². The van der Waals surface area contributed by atoms with Gasteiger partial charge in [-0.05, 0) is 31.6 Å². The first kappa shape index (κ1) is 16.0. The van der Waals surface area contributed by atoms with Gasteiger partial charge < -0.3 is 19.2 Å². The minimum atomic E-state index is -0.0657. The number of aromatic nitrogens is 4. The predicted octanol–water partition coefficient (Wildman–Crippen LogP) is 1.67. The molecule has 0 radical (unpaired) electrons. The van der Waals surface area contributed by atoms with Crippen LogP contribution in [0.2, 0.25) is 0 Å². The Labute approximate surface area is 151 Å². The molecule has 2 saturated carbocycles. The Balaban J connectivity index is 1.40. The summed E-state index contributed by atoms with van der Waals surface area (Å²) < 4.78 is 11.5. The van der Waals surface area contributed by atoms with Crippen LogP contribution in [-0.4, -0.2) is 51.6 Å². The van der Waals surface area contributed by atoms with Gasteiger partial charge in [0.2, 0.25) is 17.7 Å². The third-order valence-corrected chi connectivity index (χ3v) is 5.93. The van der Waals surface area contributed by atoms with Crippen LogP contribution < -0.4 is 9.64 Å². The van der Waals surface area contributed by atoms with E-state index in [4.69, 9.17) is 14.3 Å². The van der Waals surface area contributed by atoms with Gasteiger partial charge in [-0.15, -0.1) is 10.2 Å². The summed E-state index contributed by atoms with van der Waals surface area (Å²) in [5.74, 6) is 3.85. The average molecular weight is 357 g/mol. The van der Waals surface area contributed by atoms with Crippen LogP contribution in [0.5, 0.6) is 5.88 Å². The minimum absolute atomic E-state index is 0.0404. The highest BCUT2D eigenvalue weighted by atomic mass is 16.5. The highest BCUT2D eigenvalue weighted by molar-refractivity contribution is 5.43. The number of anilines is 1. The zero-order valence-electron chi connectivity index (χ0n) is 14.7.